The molecule has 19 heavy (non-hydrogen) atoms. The molecule has 1 unspecified atom stereocenters. The lowest BCUT2D eigenvalue weighted by Gasteiger charge is -2.20. The highest BCUT2D eigenvalue weighted by Gasteiger charge is 2.32. The number of benzene rings is 1. The fourth-order valence-electron chi connectivity index (χ4n) is 2.20. The first-order valence-electron chi connectivity index (χ1n) is 6.26. The Morgan fingerprint density at radius 3 is 2.42 bits per heavy atom. The number of halogens is 3. The van der Waals surface area contributed by atoms with Crippen molar-refractivity contribution in [1.82, 2.24) is 0 Å². The van der Waals surface area contributed by atoms with E-state index in [1.165, 1.54) is 5.56 Å². The summed E-state index contributed by atoms with van der Waals surface area (Å²) in [6, 6.07) is 4.13. The Morgan fingerprint density at radius 1 is 1.32 bits per heavy atom. The van der Waals surface area contributed by atoms with Crippen LogP contribution in [0.25, 0.3) is 0 Å². The minimum atomic E-state index is -0.0116. The zero-order valence-corrected chi connectivity index (χ0v) is 15.8. The molecule has 0 saturated carbocycles. The Hall–Kier alpha value is 0.420. The van der Waals surface area contributed by atoms with Crippen LogP contribution in [0.3, 0.4) is 0 Å². The van der Waals surface area contributed by atoms with Crippen LogP contribution in [-0.4, -0.2) is 18.3 Å². The monoisotopic (exact) mass is 454 g/mol. The molecule has 0 aliphatic carbocycles. The Labute approximate surface area is 139 Å². The molecule has 0 N–H and O–H groups in total. The summed E-state index contributed by atoms with van der Waals surface area (Å²) in [5, 5.41) is 0.824. The second kappa shape index (κ2) is 6.46. The van der Waals surface area contributed by atoms with E-state index in [2.05, 4.69) is 73.8 Å². The molecule has 0 radical (unpaired) electrons. The minimum Gasteiger partial charge on any atom is -0.489 e. The first kappa shape index (κ1) is 15.8. The summed E-state index contributed by atoms with van der Waals surface area (Å²) in [5.74, 6) is 0.845. The second-order valence-electron chi connectivity index (χ2n) is 5.37. The maximum atomic E-state index is 5.93. The molecule has 1 atom stereocenters. The van der Waals surface area contributed by atoms with Gasteiger partial charge in [0.25, 0.3) is 0 Å². The van der Waals surface area contributed by atoms with Crippen molar-refractivity contribution in [2.75, 3.05) is 6.61 Å². The van der Waals surface area contributed by atoms with E-state index in [4.69, 9.17) is 9.47 Å². The van der Waals surface area contributed by atoms with Gasteiger partial charge < -0.3 is 9.47 Å². The molecule has 0 spiro atoms. The van der Waals surface area contributed by atoms with Gasteiger partial charge in [0.15, 0.2) is 0 Å². The van der Waals surface area contributed by atoms with Crippen LogP contribution in [0.1, 0.15) is 32.3 Å². The Kier molecular flexibility index (Phi) is 5.37. The van der Waals surface area contributed by atoms with Gasteiger partial charge in [-0.05, 0) is 76.2 Å². The van der Waals surface area contributed by atoms with Gasteiger partial charge in [0, 0.05) is 5.33 Å². The third-order valence-corrected chi connectivity index (χ3v) is 5.01. The normalized spacial score (nSPS) is 21.6. The Bertz CT molecular complexity index is 437. The summed E-state index contributed by atoms with van der Waals surface area (Å²) in [6.07, 6.45) is 2.33. The van der Waals surface area contributed by atoms with Crippen molar-refractivity contribution in [1.29, 1.82) is 0 Å². The standard InChI is InChI=1S/C14H17Br3O2/c1-14(2)4-3-10(19-14)8-18-13-11(16)5-9(7-15)6-12(13)17/h5-6,10H,3-4,7-8H2,1-2H3. The minimum absolute atomic E-state index is 0.0116. The molecule has 5 heteroatoms. The average Bonchev–Trinajstić information content (AvgIpc) is 2.67. The lowest BCUT2D eigenvalue weighted by molar-refractivity contribution is -0.0328. The van der Waals surface area contributed by atoms with Crippen molar-refractivity contribution < 1.29 is 9.47 Å². The number of alkyl halides is 1. The second-order valence-corrected chi connectivity index (χ2v) is 7.64. The molecule has 1 fully saturated rings. The van der Waals surface area contributed by atoms with Crippen molar-refractivity contribution in [3.8, 4) is 5.75 Å². The summed E-state index contributed by atoms with van der Waals surface area (Å²) < 4.78 is 13.8. The summed E-state index contributed by atoms with van der Waals surface area (Å²) in [6.45, 7) is 4.85. The van der Waals surface area contributed by atoms with Gasteiger partial charge in [-0.15, -0.1) is 0 Å². The highest BCUT2D eigenvalue weighted by atomic mass is 79.9. The number of ether oxygens (including phenoxy) is 2. The SMILES string of the molecule is CC1(C)CCC(COc2c(Br)cc(CBr)cc2Br)O1. The molecule has 1 aromatic carbocycles. The smallest absolute Gasteiger partial charge is 0.147 e. The van der Waals surface area contributed by atoms with Crippen molar-refractivity contribution in [3.05, 3.63) is 26.6 Å². The van der Waals surface area contributed by atoms with Gasteiger partial charge in [-0.1, -0.05) is 15.9 Å². The van der Waals surface area contributed by atoms with Crippen molar-refractivity contribution in [2.24, 2.45) is 0 Å². The molecular formula is C14H17Br3O2. The quantitative estimate of drug-likeness (QED) is 0.561. The van der Waals surface area contributed by atoms with E-state index in [9.17, 15) is 0 Å². The third-order valence-electron chi connectivity index (χ3n) is 3.18. The summed E-state index contributed by atoms with van der Waals surface area (Å²) in [5.41, 5.74) is 1.19. The fraction of sp³-hybridized carbons (Fsp3) is 0.571. The van der Waals surface area contributed by atoms with Gasteiger partial charge in [0.1, 0.15) is 12.4 Å². The van der Waals surface area contributed by atoms with Gasteiger partial charge in [-0.25, -0.2) is 0 Å². The molecule has 1 aliphatic rings. The van der Waals surface area contributed by atoms with Crippen LogP contribution in [0.2, 0.25) is 0 Å². The topological polar surface area (TPSA) is 18.5 Å². The van der Waals surface area contributed by atoms with Gasteiger partial charge in [-0.2, -0.15) is 0 Å². The Balaban J connectivity index is 2.00. The summed E-state index contributed by atoms with van der Waals surface area (Å²) in [7, 11) is 0. The lowest BCUT2D eigenvalue weighted by atomic mass is 10.1. The van der Waals surface area contributed by atoms with E-state index >= 15 is 0 Å². The highest BCUT2D eigenvalue weighted by Crippen LogP contribution is 2.36. The summed E-state index contributed by atoms with van der Waals surface area (Å²) in [4.78, 5) is 0. The van der Waals surface area contributed by atoms with Crippen molar-refractivity contribution in [2.45, 2.75) is 43.7 Å². The molecule has 1 saturated heterocycles. The molecule has 0 amide bonds. The van der Waals surface area contributed by atoms with Crippen molar-refractivity contribution >= 4 is 47.8 Å². The zero-order valence-electron chi connectivity index (χ0n) is 11.0. The van der Waals surface area contributed by atoms with Crippen LogP contribution >= 0.6 is 47.8 Å². The lowest BCUT2D eigenvalue weighted by Crippen LogP contribution is -2.24. The first-order chi connectivity index (χ1) is 8.91. The van der Waals surface area contributed by atoms with E-state index in [1.807, 2.05) is 0 Å². The van der Waals surface area contributed by atoms with E-state index in [1.54, 1.807) is 0 Å². The molecule has 1 heterocycles. The van der Waals surface area contributed by atoms with Crippen LogP contribution in [0.5, 0.6) is 5.75 Å². The predicted octanol–water partition coefficient (Wildman–Crippen LogP) is 5.44. The Morgan fingerprint density at radius 2 is 1.95 bits per heavy atom. The molecule has 0 bridgehead atoms. The number of rotatable bonds is 4. The maximum absolute atomic E-state index is 5.93. The van der Waals surface area contributed by atoms with Crippen LogP contribution in [0, 0.1) is 0 Å². The molecule has 0 aromatic heterocycles. The van der Waals surface area contributed by atoms with Gasteiger partial charge in [-0.3, -0.25) is 0 Å². The first-order valence-corrected chi connectivity index (χ1v) is 8.96. The van der Waals surface area contributed by atoms with Gasteiger partial charge in [0.05, 0.1) is 20.7 Å². The molecular weight excluding hydrogens is 440 g/mol. The zero-order chi connectivity index (χ0) is 14.0. The predicted molar refractivity (Wildman–Crippen MR) is 88.2 cm³/mol. The molecule has 106 valence electrons. The van der Waals surface area contributed by atoms with E-state index in [0.29, 0.717) is 6.61 Å². The third kappa shape index (κ3) is 4.19. The molecule has 1 aliphatic heterocycles. The van der Waals surface area contributed by atoms with Crippen molar-refractivity contribution in [3.63, 3.8) is 0 Å². The average molecular weight is 457 g/mol. The van der Waals surface area contributed by atoms with Crippen LogP contribution in [-0.2, 0) is 10.1 Å². The van der Waals surface area contributed by atoms with Crippen LogP contribution < -0.4 is 4.74 Å². The molecule has 2 nitrogen and oxygen atoms in total. The molecule has 1 aromatic rings. The van der Waals surface area contributed by atoms with E-state index in [-0.39, 0.29) is 11.7 Å². The number of hydrogen-bond donors (Lipinski definition) is 0. The fourth-order valence-corrected chi connectivity index (χ4v) is 4.03. The maximum Gasteiger partial charge on any atom is 0.147 e. The molecule has 2 rings (SSSR count). The van der Waals surface area contributed by atoms with Gasteiger partial charge >= 0.3 is 0 Å². The highest BCUT2D eigenvalue weighted by molar-refractivity contribution is 9.11. The number of hydrogen-bond acceptors (Lipinski definition) is 2. The summed E-state index contributed by atoms with van der Waals surface area (Å²) >= 11 is 10.6. The van der Waals surface area contributed by atoms with Crippen LogP contribution in [0.15, 0.2) is 21.1 Å². The van der Waals surface area contributed by atoms with E-state index < -0.39 is 0 Å². The largest absolute Gasteiger partial charge is 0.489 e. The van der Waals surface area contributed by atoms with Crippen LogP contribution in [0.4, 0.5) is 0 Å². The van der Waals surface area contributed by atoms with E-state index in [0.717, 1.165) is 32.9 Å². The van der Waals surface area contributed by atoms with Gasteiger partial charge in [0.2, 0.25) is 0 Å².